The number of anilines is 2. The first-order valence-electron chi connectivity index (χ1n) is 5.40. The number of nitrogens with zero attached hydrogens (tertiary/aromatic N) is 2. The van der Waals surface area contributed by atoms with Gasteiger partial charge in [0.05, 0.1) is 4.90 Å². The fourth-order valence-corrected chi connectivity index (χ4v) is 2.42. The molecule has 1 aromatic heterocycles. The predicted molar refractivity (Wildman–Crippen MR) is 71.3 cm³/mol. The molecule has 106 valence electrons. The van der Waals surface area contributed by atoms with E-state index in [-0.39, 0.29) is 16.7 Å². The average molecular weight is 296 g/mol. The van der Waals surface area contributed by atoms with E-state index < -0.39 is 15.9 Å². The lowest BCUT2D eigenvalue weighted by molar-refractivity contribution is 0.101. The van der Waals surface area contributed by atoms with Gasteiger partial charge in [0.1, 0.15) is 0 Å². The van der Waals surface area contributed by atoms with Gasteiger partial charge in [-0.15, -0.1) is 5.10 Å². The predicted octanol–water partition coefficient (Wildman–Crippen LogP) is -0.405. The number of aromatic nitrogens is 3. The number of nitrogens with two attached hydrogens (primary N) is 2. The average Bonchev–Trinajstić information content (AvgIpc) is 2.77. The zero-order chi connectivity index (χ0) is 14.9. The van der Waals surface area contributed by atoms with Crippen molar-refractivity contribution in [2.24, 2.45) is 5.14 Å². The van der Waals surface area contributed by atoms with Crippen molar-refractivity contribution in [2.45, 2.75) is 11.8 Å². The zero-order valence-corrected chi connectivity index (χ0v) is 11.2. The number of primary sulfonamides is 1. The molecule has 2 aromatic rings. The van der Waals surface area contributed by atoms with Crippen molar-refractivity contribution in [3.8, 4) is 0 Å². The Bertz CT molecular complexity index is 767. The molecule has 0 fully saturated rings. The molecule has 0 spiro atoms. The van der Waals surface area contributed by atoms with E-state index >= 15 is 0 Å². The Balaban J connectivity index is 2.33. The highest BCUT2D eigenvalue weighted by molar-refractivity contribution is 7.89. The molecule has 0 radical (unpaired) electrons. The van der Waals surface area contributed by atoms with Gasteiger partial charge < -0.3 is 11.1 Å². The highest BCUT2D eigenvalue weighted by atomic mass is 32.2. The SMILES string of the molecule is Cc1c(NC(=O)c2nc(N)n[nH]2)cccc1S(N)(=O)=O. The first-order valence-corrected chi connectivity index (χ1v) is 6.95. The van der Waals surface area contributed by atoms with Gasteiger partial charge in [-0.1, -0.05) is 6.07 Å². The van der Waals surface area contributed by atoms with Crippen LogP contribution in [0.3, 0.4) is 0 Å². The first-order chi connectivity index (χ1) is 9.29. The maximum absolute atomic E-state index is 11.9. The number of H-pyrrole nitrogens is 1. The highest BCUT2D eigenvalue weighted by Crippen LogP contribution is 2.22. The summed E-state index contributed by atoms with van der Waals surface area (Å²) < 4.78 is 22.8. The number of benzene rings is 1. The summed E-state index contributed by atoms with van der Waals surface area (Å²) >= 11 is 0. The molecule has 20 heavy (non-hydrogen) atoms. The van der Waals surface area contributed by atoms with Crippen molar-refractivity contribution >= 4 is 27.6 Å². The molecule has 0 aliphatic carbocycles. The molecule has 1 amide bonds. The number of carbonyl (C=O) groups excluding carboxylic acids is 1. The lowest BCUT2D eigenvalue weighted by Crippen LogP contribution is -2.17. The van der Waals surface area contributed by atoms with E-state index in [4.69, 9.17) is 10.9 Å². The summed E-state index contributed by atoms with van der Waals surface area (Å²) in [5, 5.41) is 13.5. The Labute approximate surface area is 114 Å². The van der Waals surface area contributed by atoms with Gasteiger partial charge in [0.25, 0.3) is 5.91 Å². The van der Waals surface area contributed by atoms with E-state index in [1.54, 1.807) is 6.07 Å². The topological polar surface area (TPSA) is 157 Å². The summed E-state index contributed by atoms with van der Waals surface area (Å²) in [4.78, 5) is 15.5. The zero-order valence-electron chi connectivity index (χ0n) is 10.4. The monoisotopic (exact) mass is 296 g/mol. The van der Waals surface area contributed by atoms with Crippen LogP contribution in [-0.4, -0.2) is 29.5 Å². The summed E-state index contributed by atoms with van der Waals surface area (Å²) in [5.74, 6) is -0.739. The minimum Gasteiger partial charge on any atom is -0.366 e. The Morgan fingerprint density at radius 3 is 2.65 bits per heavy atom. The van der Waals surface area contributed by atoms with Crippen LogP contribution in [0.15, 0.2) is 23.1 Å². The summed E-state index contributed by atoms with van der Waals surface area (Å²) in [7, 11) is -3.86. The Morgan fingerprint density at radius 2 is 2.10 bits per heavy atom. The second-order valence-corrected chi connectivity index (χ2v) is 5.50. The molecule has 1 heterocycles. The quantitative estimate of drug-likeness (QED) is 0.603. The van der Waals surface area contributed by atoms with E-state index in [9.17, 15) is 13.2 Å². The summed E-state index contributed by atoms with van der Waals surface area (Å²) in [6.07, 6.45) is 0. The van der Waals surface area contributed by atoms with E-state index in [1.807, 2.05) is 0 Å². The Hall–Kier alpha value is -2.46. The van der Waals surface area contributed by atoms with Crippen molar-refractivity contribution in [1.29, 1.82) is 0 Å². The van der Waals surface area contributed by atoms with Crippen molar-refractivity contribution in [3.05, 3.63) is 29.6 Å². The van der Waals surface area contributed by atoms with Crippen molar-refractivity contribution in [1.82, 2.24) is 15.2 Å². The van der Waals surface area contributed by atoms with E-state index in [0.717, 1.165) is 0 Å². The number of aromatic amines is 1. The van der Waals surface area contributed by atoms with Gasteiger partial charge in [-0.3, -0.25) is 9.89 Å². The fourth-order valence-electron chi connectivity index (χ4n) is 1.62. The molecule has 10 heteroatoms. The van der Waals surface area contributed by atoms with E-state index in [0.29, 0.717) is 11.3 Å². The van der Waals surface area contributed by atoms with Gasteiger partial charge in [-0.2, -0.15) is 4.98 Å². The molecule has 0 saturated heterocycles. The highest BCUT2D eigenvalue weighted by Gasteiger charge is 2.17. The van der Waals surface area contributed by atoms with Crippen LogP contribution in [0.2, 0.25) is 0 Å². The number of sulfonamides is 1. The molecular weight excluding hydrogens is 284 g/mol. The van der Waals surface area contributed by atoms with Crippen molar-refractivity contribution in [3.63, 3.8) is 0 Å². The van der Waals surface area contributed by atoms with Crippen LogP contribution >= 0.6 is 0 Å². The maximum atomic E-state index is 11.9. The second kappa shape index (κ2) is 4.90. The third kappa shape index (κ3) is 2.75. The molecular formula is C10H12N6O3S. The largest absolute Gasteiger partial charge is 0.366 e. The van der Waals surface area contributed by atoms with Gasteiger partial charge in [0, 0.05) is 5.69 Å². The number of amides is 1. The van der Waals surface area contributed by atoms with Crippen LogP contribution < -0.4 is 16.2 Å². The van der Waals surface area contributed by atoms with E-state index in [2.05, 4.69) is 20.5 Å². The Kier molecular flexibility index (Phi) is 3.42. The summed E-state index contributed by atoms with van der Waals surface area (Å²) in [5.41, 5.74) is 5.92. The van der Waals surface area contributed by atoms with Crippen LogP contribution in [0.1, 0.15) is 16.2 Å². The summed E-state index contributed by atoms with van der Waals surface area (Å²) in [6.45, 7) is 1.53. The number of hydrogen-bond donors (Lipinski definition) is 4. The van der Waals surface area contributed by atoms with Gasteiger partial charge in [-0.25, -0.2) is 13.6 Å². The molecule has 0 bridgehead atoms. The van der Waals surface area contributed by atoms with Crippen LogP contribution in [0.5, 0.6) is 0 Å². The molecule has 1 aromatic carbocycles. The number of rotatable bonds is 3. The molecule has 0 atom stereocenters. The standard InChI is InChI=1S/C10H12N6O3S/c1-5-6(3-2-4-7(5)20(12,18)19)13-9(17)8-14-10(11)16-15-8/h2-4H,1H3,(H,13,17)(H2,12,18,19)(H3,11,14,15,16). The molecule has 0 aliphatic heterocycles. The lowest BCUT2D eigenvalue weighted by Gasteiger charge is -2.10. The third-order valence-electron chi connectivity index (χ3n) is 2.56. The minimum atomic E-state index is -3.86. The van der Waals surface area contributed by atoms with Gasteiger partial charge in [0.15, 0.2) is 0 Å². The normalized spacial score (nSPS) is 11.3. The van der Waals surface area contributed by atoms with Crippen LogP contribution in [0.25, 0.3) is 0 Å². The maximum Gasteiger partial charge on any atom is 0.293 e. The molecule has 6 N–H and O–H groups in total. The first kappa shape index (κ1) is 14.0. The molecule has 0 aliphatic rings. The third-order valence-corrected chi connectivity index (χ3v) is 3.61. The number of hydrogen-bond acceptors (Lipinski definition) is 6. The van der Waals surface area contributed by atoms with Gasteiger partial charge in [-0.05, 0) is 24.6 Å². The van der Waals surface area contributed by atoms with Crippen LogP contribution in [0, 0.1) is 6.92 Å². The van der Waals surface area contributed by atoms with Gasteiger partial charge >= 0.3 is 0 Å². The lowest BCUT2D eigenvalue weighted by atomic mass is 10.2. The Morgan fingerprint density at radius 1 is 1.40 bits per heavy atom. The molecule has 0 unspecified atom stereocenters. The smallest absolute Gasteiger partial charge is 0.293 e. The van der Waals surface area contributed by atoms with E-state index in [1.165, 1.54) is 19.1 Å². The number of carbonyl (C=O) groups is 1. The van der Waals surface area contributed by atoms with Crippen LogP contribution in [0.4, 0.5) is 11.6 Å². The molecule has 2 rings (SSSR count). The van der Waals surface area contributed by atoms with Crippen LogP contribution in [-0.2, 0) is 10.0 Å². The minimum absolute atomic E-state index is 0.0626. The number of nitrogen functional groups attached to an aromatic ring is 1. The molecule has 9 nitrogen and oxygen atoms in total. The summed E-state index contributed by atoms with van der Waals surface area (Å²) in [6, 6.07) is 4.37. The van der Waals surface area contributed by atoms with Crippen molar-refractivity contribution in [2.75, 3.05) is 11.1 Å². The number of nitrogens with one attached hydrogen (secondary N) is 2. The van der Waals surface area contributed by atoms with Crippen molar-refractivity contribution < 1.29 is 13.2 Å². The van der Waals surface area contributed by atoms with Gasteiger partial charge in [0.2, 0.25) is 21.8 Å². The fraction of sp³-hybridized carbons (Fsp3) is 0.100. The molecule has 0 saturated carbocycles. The second-order valence-electron chi connectivity index (χ2n) is 3.97.